The monoisotopic (exact) mass is 265 g/mol. The zero-order valence-corrected chi connectivity index (χ0v) is 11.3. The molecule has 0 aliphatic rings. The molecule has 0 heterocycles. The van der Waals surface area contributed by atoms with Gasteiger partial charge in [-0.2, -0.15) is 0 Å². The van der Waals surface area contributed by atoms with Crippen LogP contribution in [-0.4, -0.2) is 42.1 Å². The Morgan fingerprint density at radius 1 is 1.26 bits per heavy atom. The predicted molar refractivity (Wildman–Crippen MR) is 71.0 cm³/mol. The topological polar surface area (TPSA) is 66.8 Å². The van der Waals surface area contributed by atoms with Crippen LogP contribution in [0, 0.1) is 0 Å². The Kier molecular flexibility index (Phi) is 6.02. The molecule has 1 rings (SSSR count). The van der Waals surface area contributed by atoms with Crippen molar-refractivity contribution in [3.8, 4) is 0 Å². The Hall–Kier alpha value is -1.88. The summed E-state index contributed by atoms with van der Waals surface area (Å²) in [5.41, 5.74) is 1.56. The molecule has 104 valence electrons. The van der Waals surface area contributed by atoms with Crippen molar-refractivity contribution in [3.63, 3.8) is 0 Å². The molecule has 0 saturated heterocycles. The van der Waals surface area contributed by atoms with Crippen LogP contribution in [0.2, 0.25) is 0 Å². The van der Waals surface area contributed by atoms with Crippen molar-refractivity contribution < 1.29 is 19.4 Å². The summed E-state index contributed by atoms with van der Waals surface area (Å²) in [6.45, 7) is 3.06. The zero-order chi connectivity index (χ0) is 14.3. The number of nitrogens with zero attached hydrogens (tertiary/aromatic N) is 1. The van der Waals surface area contributed by atoms with Crippen LogP contribution in [0.15, 0.2) is 24.3 Å². The summed E-state index contributed by atoms with van der Waals surface area (Å²) in [5, 5.41) is 8.65. The smallest absolute Gasteiger partial charge is 0.305 e. The molecule has 0 aliphatic carbocycles. The quantitative estimate of drug-likeness (QED) is 0.816. The van der Waals surface area contributed by atoms with Crippen LogP contribution in [0.3, 0.4) is 0 Å². The van der Waals surface area contributed by atoms with E-state index in [2.05, 4.69) is 0 Å². The van der Waals surface area contributed by atoms with Crippen LogP contribution in [0.5, 0.6) is 0 Å². The number of ether oxygens (including phenoxy) is 1. The summed E-state index contributed by atoms with van der Waals surface area (Å²) in [4.78, 5) is 24.2. The van der Waals surface area contributed by atoms with E-state index in [1.807, 2.05) is 19.1 Å². The summed E-state index contributed by atoms with van der Waals surface area (Å²) in [6.07, 6.45) is -0.0403. The SMILES string of the molecule is CCN(CCC(=O)O)C(=O)c1ccc(COC)cc1. The van der Waals surface area contributed by atoms with Crippen molar-refractivity contribution in [2.24, 2.45) is 0 Å². The van der Waals surface area contributed by atoms with Gasteiger partial charge in [-0.1, -0.05) is 12.1 Å². The number of carbonyl (C=O) groups is 2. The standard InChI is InChI=1S/C14H19NO4/c1-3-15(9-8-13(16)17)14(18)12-6-4-11(5-7-12)10-19-2/h4-7H,3,8-10H2,1-2H3,(H,16,17). The second kappa shape index (κ2) is 7.53. The lowest BCUT2D eigenvalue weighted by atomic mass is 10.1. The van der Waals surface area contributed by atoms with Crippen LogP contribution < -0.4 is 0 Å². The number of amides is 1. The number of carboxylic acid groups (broad SMARTS) is 1. The van der Waals surface area contributed by atoms with Crippen LogP contribution >= 0.6 is 0 Å². The summed E-state index contributed by atoms with van der Waals surface area (Å²) >= 11 is 0. The van der Waals surface area contributed by atoms with Gasteiger partial charge in [0, 0.05) is 25.8 Å². The fraction of sp³-hybridized carbons (Fsp3) is 0.429. The maximum absolute atomic E-state index is 12.2. The van der Waals surface area contributed by atoms with E-state index in [0.29, 0.717) is 18.7 Å². The number of carbonyl (C=O) groups excluding carboxylic acids is 1. The number of hydrogen-bond acceptors (Lipinski definition) is 3. The second-order valence-corrected chi connectivity index (χ2v) is 4.16. The van der Waals surface area contributed by atoms with Gasteiger partial charge in [0.15, 0.2) is 0 Å². The summed E-state index contributed by atoms with van der Waals surface area (Å²) in [6, 6.07) is 7.14. The van der Waals surface area contributed by atoms with Crippen molar-refractivity contribution in [3.05, 3.63) is 35.4 Å². The second-order valence-electron chi connectivity index (χ2n) is 4.16. The highest BCUT2D eigenvalue weighted by atomic mass is 16.5. The molecule has 19 heavy (non-hydrogen) atoms. The van der Waals surface area contributed by atoms with Crippen LogP contribution in [0.1, 0.15) is 29.3 Å². The highest BCUT2D eigenvalue weighted by Crippen LogP contribution is 2.09. The zero-order valence-electron chi connectivity index (χ0n) is 11.3. The molecule has 5 nitrogen and oxygen atoms in total. The van der Waals surface area contributed by atoms with Gasteiger partial charge in [-0.15, -0.1) is 0 Å². The molecule has 1 aromatic rings. The van der Waals surface area contributed by atoms with Crippen molar-refractivity contribution >= 4 is 11.9 Å². The van der Waals surface area contributed by atoms with Gasteiger partial charge in [0.05, 0.1) is 13.0 Å². The average Bonchev–Trinajstić information content (AvgIpc) is 2.40. The largest absolute Gasteiger partial charge is 0.481 e. The van der Waals surface area contributed by atoms with E-state index in [0.717, 1.165) is 5.56 Å². The minimum Gasteiger partial charge on any atom is -0.481 e. The van der Waals surface area contributed by atoms with E-state index in [-0.39, 0.29) is 18.9 Å². The van der Waals surface area contributed by atoms with Crippen LogP contribution in [0.4, 0.5) is 0 Å². The first-order valence-corrected chi connectivity index (χ1v) is 6.17. The number of benzene rings is 1. The maximum Gasteiger partial charge on any atom is 0.305 e. The highest BCUT2D eigenvalue weighted by Gasteiger charge is 2.14. The van der Waals surface area contributed by atoms with E-state index in [1.54, 1.807) is 19.2 Å². The summed E-state index contributed by atoms with van der Waals surface area (Å²) < 4.78 is 5.00. The van der Waals surface area contributed by atoms with Crippen molar-refractivity contribution in [2.45, 2.75) is 20.0 Å². The van der Waals surface area contributed by atoms with Gasteiger partial charge < -0.3 is 14.7 Å². The Morgan fingerprint density at radius 2 is 1.89 bits per heavy atom. The third kappa shape index (κ3) is 4.71. The summed E-state index contributed by atoms with van der Waals surface area (Å²) in [7, 11) is 1.61. The molecule has 1 N–H and O–H groups in total. The van der Waals surface area contributed by atoms with Gasteiger partial charge in [0.25, 0.3) is 5.91 Å². The fourth-order valence-electron chi connectivity index (χ4n) is 1.73. The lowest BCUT2D eigenvalue weighted by molar-refractivity contribution is -0.137. The van der Waals surface area contributed by atoms with Gasteiger partial charge in [0.2, 0.25) is 0 Å². The van der Waals surface area contributed by atoms with Crippen LogP contribution in [0.25, 0.3) is 0 Å². The fourth-order valence-corrected chi connectivity index (χ4v) is 1.73. The first-order valence-electron chi connectivity index (χ1n) is 6.17. The number of carboxylic acids is 1. The number of methoxy groups -OCH3 is 1. The molecule has 0 saturated carbocycles. The van der Waals surface area contributed by atoms with E-state index in [1.165, 1.54) is 4.90 Å². The third-order valence-electron chi connectivity index (χ3n) is 2.78. The Balaban J connectivity index is 2.70. The molecule has 0 unspecified atom stereocenters. The molecule has 0 bridgehead atoms. The van der Waals surface area contributed by atoms with Crippen molar-refractivity contribution in [1.82, 2.24) is 4.90 Å². The molecule has 0 atom stereocenters. The lowest BCUT2D eigenvalue weighted by Gasteiger charge is -2.20. The van der Waals surface area contributed by atoms with Crippen molar-refractivity contribution in [1.29, 1.82) is 0 Å². The molecule has 0 aromatic heterocycles. The molecule has 0 aliphatic heterocycles. The van der Waals surface area contributed by atoms with Gasteiger partial charge in [-0.3, -0.25) is 9.59 Å². The van der Waals surface area contributed by atoms with Gasteiger partial charge in [-0.05, 0) is 24.6 Å². The molecule has 1 amide bonds. The molecule has 1 aromatic carbocycles. The molecule has 0 fully saturated rings. The minimum atomic E-state index is -0.901. The maximum atomic E-state index is 12.2. The minimum absolute atomic E-state index is 0.0403. The van der Waals surface area contributed by atoms with E-state index in [4.69, 9.17) is 9.84 Å². The molecular weight excluding hydrogens is 246 g/mol. The van der Waals surface area contributed by atoms with E-state index < -0.39 is 5.97 Å². The van der Waals surface area contributed by atoms with E-state index in [9.17, 15) is 9.59 Å². The van der Waals surface area contributed by atoms with Gasteiger partial charge in [-0.25, -0.2) is 0 Å². The molecule has 0 radical (unpaired) electrons. The van der Waals surface area contributed by atoms with E-state index >= 15 is 0 Å². The lowest BCUT2D eigenvalue weighted by Crippen LogP contribution is -2.32. The highest BCUT2D eigenvalue weighted by molar-refractivity contribution is 5.94. The predicted octanol–water partition coefficient (Wildman–Crippen LogP) is 1.77. The normalized spacial score (nSPS) is 10.2. The number of aliphatic carboxylic acids is 1. The number of hydrogen-bond donors (Lipinski definition) is 1. The third-order valence-corrected chi connectivity index (χ3v) is 2.78. The molecular formula is C14H19NO4. The summed E-state index contributed by atoms with van der Waals surface area (Å²) in [5.74, 6) is -1.05. The van der Waals surface area contributed by atoms with Gasteiger partial charge >= 0.3 is 5.97 Å². The number of rotatable bonds is 7. The van der Waals surface area contributed by atoms with Crippen LogP contribution in [-0.2, 0) is 16.1 Å². The first-order chi connectivity index (χ1) is 9.08. The van der Waals surface area contributed by atoms with Gasteiger partial charge in [0.1, 0.15) is 0 Å². The Morgan fingerprint density at radius 3 is 2.37 bits per heavy atom. The van der Waals surface area contributed by atoms with Crippen molar-refractivity contribution in [2.75, 3.05) is 20.2 Å². The molecule has 0 spiro atoms. The Bertz CT molecular complexity index is 428. The molecule has 5 heteroatoms. The Labute approximate surface area is 112 Å². The average molecular weight is 265 g/mol. The first kappa shape index (κ1) is 15.2.